The number of carboxylic acids is 1. The van der Waals surface area contributed by atoms with Crippen LogP contribution in [0.5, 0.6) is 0 Å². The van der Waals surface area contributed by atoms with Crippen LogP contribution in [0.4, 0.5) is 0 Å². The van der Waals surface area contributed by atoms with Gasteiger partial charge in [-0.15, -0.1) is 0 Å². The van der Waals surface area contributed by atoms with Crippen molar-refractivity contribution in [3.05, 3.63) is 27.9 Å². The second kappa shape index (κ2) is 3.41. The van der Waals surface area contributed by atoms with Crippen molar-refractivity contribution in [2.24, 2.45) is 0 Å². The molecule has 0 unspecified atom stereocenters. The van der Waals surface area contributed by atoms with Gasteiger partial charge in [0.05, 0.1) is 13.2 Å². The van der Waals surface area contributed by atoms with E-state index in [1.807, 2.05) is 0 Å². The predicted molar refractivity (Wildman–Crippen MR) is 54.4 cm³/mol. The summed E-state index contributed by atoms with van der Waals surface area (Å²) in [5.74, 6) is -0.842. The Morgan fingerprint density at radius 3 is 2.94 bits per heavy atom. The number of carbonyl (C=O) groups is 1. The third-order valence-electron chi connectivity index (χ3n) is 2.54. The molecular weight excluding hydrogens is 212 g/mol. The van der Waals surface area contributed by atoms with Crippen molar-refractivity contribution in [1.29, 1.82) is 0 Å². The highest BCUT2D eigenvalue weighted by Crippen LogP contribution is 2.25. The largest absolute Gasteiger partial charge is 0.477 e. The molecule has 6 heteroatoms. The summed E-state index contributed by atoms with van der Waals surface area (Å²) < 4.78 is 6.92. The number of ether oxygens (including phenoxy) is 1. The molecule has 0 aromatic carbocycles. The lowest BCUT2D eigenvalue weighted by molar-refractivity contribution is -0.0565. The molecule has 0 amide bonds. The van der Waals surface area contributed by atoms with Gasteiger partial charge >= 0.3 is 5.97 Å². The van der Waals surface area contributed by atoms with Gasteiger partial charge in [0.25, 0.3) is 5.56 Å². The molecule has 86 valence electrons. The summed E-state index contributed by atoms with van der Waals surface area (Å²) in [6.07, 6.45) is 0. The van der Waals surface area contributed by atoms with E-state index >= 15 is 0 Å². The summed E-state index contributed by atoms with van der Waals surface area (Å²) in [4.78, 5) is 26.4. The maximum atomic E-state index is 11.7. The summed E-state index contributed by atoms with van der Waals surface area (Å²) in [5.41, 5.74) is -1.32. The van der Waals surface area contributed by atoms with Crippen LogP contribution in [0.15, 0.2) is 10.9 Å². The van der Waals surface area contributed by atoms with Gasteiger partial charge in [-0.1, -0.05) is 0 Å². The molecule has 6 nitrogen and oxygen atoms in total. The van der Waals surface area contributed by atoms with Crippen LogP contribution in [0.1, 0.15) is 30.2 Å². The van der Waals surface area contributed by atoms with Gasteiger partial charge < -0.3 is 9.84 Å². The van der Waals surface area contributed by atoms with Gasteiger partial charge in [-0.2, -0.15) is 0 Å². The van der Waals surface area contributed by atoms with Crippen LogP contribution in [0.2, 0.25) is 0 Å². The number of hydrogen-bond acceptors (Lipinski definition) is 4. The van der Waals surface area contributed by atoms with Gasteiger partial charge in [-0.05, 0) is 13.8 Å². The van der Waals surface area contributed by atoms with Crippen LogP contribution < -0.4 is 5.56 Å². The second-order valence-electron chi connectivity index (χ2n) is 4.12. The molecule has 1 aliphatic rings. The number of carboxylic acid groups (broad SMARTS) is 1. The molecule has 1 N–H and O–H groups in total. The van der Waals surface area contributed by atoms with Crippen LogP contribution in [0.25, 0.3) is 0 Å². The second-order valence-corrected chi connectivity index (χ2v) is 4.12. The topological polar surface area (TPSA) is 81.4 Å². The molecule has 1 aromatic heterocycles. The number of fused-ring (bicyclic) bond motifs is 1. The molecule has 1 aromatic rings. The molecular formula is C10H12N2O4. The third kappa shape index (κ3) is 1.61. The average Bonchev–Trinajstić information content (AvgIpc) is 2.18. The molecule has 0 bridgehead atoms. The van der Waals surface area contributed by atoms with Crippen molar-refractivity contribution in [2.45, 2.75) is 26.0 Å². The number of rotatable bonds is 1. The Bertz CT molecular complexity index is 504. The van der Waals surface area contributed by atoms with Gasteiger partial charge in [-0.25, -0.2) is 9.78 Å². The molecule has 0 fully saturated rings. The summed E-state index contributed by atoms with van der Waals surface area (Å²) in [5, 5.41) is 8.83. The zero-order valence-electron chi connectivity index (χ0n) is 9.06. The van der Waals surface area contributed by atoms with Crippen molar-refractivity contribution >= 4 is 5.97 Å². The van der Waals surface area contributed by atoms with Gasteiger partial charge in [0.1, 0.15) is 11.4 Å². The molecule has 2 heterocycles. The normalized spacial score (nSPS) is 17.9. The Kier molecular flexibility index (Phi) is 2.31. The molecule has 0 radical (unpaired) electrons. The fraction of sp³-hybridized carbons (Fsp3) is 0.500. The van der Waals surface area contributed by atoms with Crippen molar-refractivity contribution in [1.82, 2.24) is 9.55 Å². The van der Waals surface area contributed by atoms with Gasteiger partial charge in [-0.3, -0.25) is 9.36 Å². The first-order chi connectivity index (χ1) is 7.42. The maximum Gasteiger partial charge on any atom is 0.354 e. The van der Waals surface area contributed by atoms with Gasteiger partial charge in [0.15, 0.2) is 5.69 Å². The van der Waals surface area contributed by atoms with Crippen molar-refractivity contribution in [2.75, 3.05) is 6.61 Å². The minimum Gasteiger partial charge on any atom is -0.477 e. The highest BCUT2D eigenvalue weighted by Gasteiger charge is 2.32. The predicted octanol–water partition coefficient (Wildman–Crippen LogP) is 0.207. The molecule has 1 aliphatic heterocycles. The Hall–Kier alpha value is -1.69. The molecule has 0 saturated carbocycles. The summed E-state index contributed by atoms with van der Waals surface area (Å²) >= 11 is 0. The van der Waals surface area contributed by atoms with E-state index in [-0.39, 0.29) is 11.3 Å². The Balaban J connectivity index is 2.69. The lowest BCUT2D eigenvalue weighted by Gasteiger charge is -2.32. The number of hydrogen-bond donors (Lipinski definition) is 1. The summed E-state index contributed by atoms with van der Waals surface area (Å²) in [7, 11) is 0. The maximum absolute atomic E-state index is 11.7. The first-order valence-electron chi connectivity index (χ1n) is 4.91. The fourth-order valence-corrected chi connectivity index (χ4v) is 1.75. The quantitative estimate of drug-likeness (QED) is 0.737. The van der Waals surface area contributed by atoms with E-state index < -0.39 is 11.6 Å². The summed E-state index contributed by atoms with van der Waals surface area (Å²) in [6, 6.07) is 1.03. The smallest absolute Gasteiger partial charge is 0.354 e. The molecule has 2 rings (SSSR count). The standard InChI is InChI=1S/C10H12N2O4/c1-10(2)9-11-6(8(14)15)5-7(13)12(9)3-4-16-10/h5H,3-4H2,1-2H3,(H,14,15). The first-order valence-corrected chi connectivity index (χ1v) is 4.91. The Morgan fingerprint density at radius 1 is 1.62 bits per heavy atom. The van der Waals surface area contributed by atoms with E-state index in [1.54, 1.807) is 13.8 Å². The van der Waals surface area contributed by atoms with Crippen molar-refractivity contribution in [3.63, 3.8) is 0 Å². The monoisotopic (exact) mass is 224 g/mol. The minimum absolute atomic E-state index is 0.241. The van der Waals surface area contributed by atoms with E-state index in [0.717, 1.165) is 6.07 Å². The van der Waals surface area contributed by atoms with E-state index in [4.69, 9.17) is 9.84 Å². The van der Waals surface area contributed by atoms with Crippen LogP contribution in [-0.2, 0) is 16.9 Å². The van der Waals surface area contributed by atoms with Crippen LogP contribution in [-0.4, -0.2) is 27.2 Å². The Morgan fingerprint density at radius 2 is 2.31 bits per heavy atom. The molecule has 16 heavy (non-hydrogen) atoms. The molecule has 0 spiro atoms. The van der Waals surface area contributed by atoms with Crippen molar-refractivity contribution < 1.29 is 14.6 Å². The molecule has 0 atom stereocenters. The van der Waals surface area contributed by atoms with Crippen LogP contribution >= 0.6 is 0 Å². The minimum atomic E-state index is -1.21. The SMILES string of the molecule is CC1(C)OCCn2c1nc(C(=O)O)cc2=O. The van der Waals surface area contributed by atoms with E-state index in [2.05, 4.69) is 4.98 Å². The highest BCUT2D eigenvalue weighted by atomic mass is 16.5. The van der Waals surface area contributed by atoms with E-state index in [1.165, 1.54) is 4.57 Å². The third-order valence-corrected chi connectivity index (χ3v) is 2.54. The van der Waals surface area contributed by atoms with Gasteiger partial charge in [0.2, 0.25) is 0 Å². The van der Waals surface area contributed by atoms with Gasteiger partial charge in [0, 0.05) is 6.07 Å². The Labute approximate surface area is 91.5 Å². The fourth-order valence-electron chi connectivity index (χ4n) is 1.75. The van der Waals surface area contributed by atoms with Crippen molar-refractivity contribution in [3.8, 4) is 0 Å². The van der Waals surface area contributed by atoms with E-state index in [9.17, 15) is 9.59 Å². The lowest BCUT2D eigenvalue weighted by Crippen LogP contribution is -2.41. The first kappa shape index (κ1) is 10.8. The number of nitrogens with zero attached hydrogens (tertiary/aromatic N) is 2. The number of aromatic carboxylic acids is 1. The molecule has 0 saturated heterocycles. The average molecular weight is 224 g/mol. The zero-order valence-corrected chi connectivity index (χ0v) is 9.06. The highest BCUT2D eigenvalue weighted by molar-refractivity contribution is 5.85. The van der Waals surface area contributed by atoms with E-state index in [0.29, 0.717) is 19.0 Å². The molecule has 0 aliphatic carbocycles. The number of aromatic nitrogens is 2. The lowest BCUT2D eigenvalue weighted by atomic mass is 10.1. The van der Waals surface area contributed by atoms with Crippen LogP contribution in [0.3, 0.4) is 0 Å². The van der Waals surface area contributed by atoms with Crippen LogP contribution in [0, 0.1) is 0 Å². The zero-order chi connectivity index (χ0) is 11.9. The summed E-state index contributed by atoms with van der Waals surface area (Å²) in [6.45, 7) is 4.35.